The molecule has 0 heterocycles. The van der Waals surface area contributed by atoms with E-state index in [1.54, 1.807) is 24.3 Å². The fraction of sp³-hybridized carbons (Fsp3) is 0. The first-order valence-electron chi connectivity index (χ1n) is 8.14. The van der Waals surface area contributed by atoms with E-state index in [1.807, 2.05) is 6.07 Å². The van der Waals surface area contributed by atoms with Crippen LogP contribution in [-0.2, 0) is 0 Å². The number of anilines is 2. The summed E-state index contributed by atoms with van der Waals surface area (Å²) in [7, 11) is 0. The Hall–Kier alpha value is -4.05. The van der Waals surface area contributed by atoms with Crippen LogP contribution >= 0.6 is 0 Å². The number of hydrogen-bond acceptors (Lipinski definition) is 3. The number of nitriles is 1. The van der Waals surface area contributed by atoms with Crippen molar-refractivity contribution in [2.75, 3.05) is 10.6 Å². The van der Waals surface area contributed by atoms with Gasteiger partial charge in [-0.1, -0.05) is 6.07 Å². The lowest BCUT2D eigenvalue weighted by molar-refractivity contribution is 0.102. The number of carbonyl (C=O) groups excluding carboxylic acids is 2. The topological polar surface area (TPSA) is 82.0 Å². The van der Waals surface area contributed by atoms with E-state index in [9.17, 15) is 18.4 Å². The van der Waals surface area contributed by atoms with Crippen molar-refractivity contribution in [1.29, 1.82) is 5.26 Å². The highest BCUT2D eigenvalue weighted by atomic mass is 19.2. The minimum atomic E-state index is -1.08. The van der Waals surface area contributed by atoms with Crippen LogP contribution in [0.1, 0.15) is 26.3 Å². The number of halogens is 2. The van der Waals surface area contributed by atoms with Crippen LogP contribution in [-0.4, -0.2) is 11.8 Å². The van der Waals surface area contributed by atoms with Crippen molar-refractivity contribution in [3.05, 3.63) is 95.1 Å². The smallest absolute Gasteiger partial charge is 0.255 e. The van der Waals surface area contributed by atoms with Gasteiger partial charge in [-0.05, 0) is 54.6 Å². The van der Waals surface area contributed by atoms with Gasteiger partial charge in [-0.25, -0.2) is 8.78 Å². The van der Waals surface area contributed by atoms with Crippen molar-refractivity contribution >= 4 is 23.2 Å². The minimum Gasteiger partial charge on any atom is -0.322 e. The van der Waals surface area contributed by atoms with Crippen LogP contribution in [0.5, 0.6) is 0 Å². The van der Waals surface area contributed by atoms with E-state index in [-0.39, 0.29) is 16.8 Å². The molecule has 0 spiro atoms. The molecular formula is C21H13F2N3O2. The predicted molar refractivity (Wildman–Crippen MR) is 99.9 cm³/mol. The molecule has 28 heavy (non-hydrogen) atoms. The molecule has 2 amide bonds. The molecule has 0 aromatic heterocycles. The summed E-state index contributed by atoms with van der Waals surface area (Å²) >= 11 is 0. The summed E-state index contributed by atoms with van der Waals surface area (Å²) in [4.78, 5) is 24.7. The molecule has 0 aliphatic rings. The largest absolute Gasteiger partial charge is 0.322 e. The van der Waals surface area contributed by atoms with E-state index >= 15 is 0 Å². The molecule has 0 atom stereocenters. The third kappa shape index (κ3) is 4.37. The van der Waals surface area contributed by atoms with Gasteiger partial charge in [0.2, 0.25) is 0 Å². The van der Waals surface area contributed by atoms with Gasteiger partial charge in [0.25, 0.3) is 11.8 Å². The minimum absolute atomic E-state index is 0.0938. The van der Waals surface area contributed by atoms with Crippen molar-refractivity contribution < 1.29 is 18.4 Å². The number of nitrogens with one attached hydrogen (secondary N) is 2. The highest BCUT2D eigenvalue weighted by Gasteiger charge is 2.12. The molecule has 138 valence electrons. The second-order valence-electron chi connectivity index (χ2n) is 5.81. The van der Waals surface area contributed by atoms with Gasteiger partial charge in [0, 0.05) is 28.6 Å². The normalized spacial score (nSPS) is 10.0. The van der Waals surface area contributed by atoms with Gasteiger partial charge in [-0.2, -0.15) is 5.26 Å². The molecule has 5 nitrogen and oxygen atoms in total. The molecule has 3 aromatic rings. The van der Waals surface area contributed by atoms with E-state index in [2.05, 4.69) is 10.6 Å². The van der Waals surface area contributed by atoms with Gasteiger partial charge >= 0.3 is 0 Å². The van der Waals surface area contributed by atoms with Crippen molar-refractivity contribution in [2.45, 2.75) is 0 Å². The van der Waals surface area contributed by atoms with Crippen LogP contribution in [0.4, 0.5) is 20.2 Å². The second-order valence-corrected chi connectivity index (χ2v) is 5.81. The summed E-state index contributed by atoms with van der Waals surface area (Å²) in [6, 6.07) is 17.3. The summed E-state index contributed by atoms with van der Waals surface area (Å²) in [6.07, 6.45) is 0. The lowest BCUT2D eigenvalue weighted by Crippen LogP contribution is -2.15. The van der Waals surface area contributed by atoms with Crippen LogP contribution in [0.3, 0.4) is 0 Å². The van der Waals surface area contributed by atoms with Crippen molar-refractivity contribution in [2.24, 2.45) is 0 Å². The number of rotatable bonds is 4. The van der Waals surface area contributed by atoms with E-state index in [4.69, 9.17) is 5.26 Å². The van der Waals surface area contributed by atoms with Gasteiger partial charge in [-0.15, -0.1) is 0 Å². The van der Waals surface area contributed by atoms with Gasteiger partial charge < -0.3 is 10.6 Å². The highest BCUT2D eigenvalue weighted by Crippen LogP contribution is 2.16. The molecule has 7 heteroatoms. The van der Waals surface area contributed by atoms with Crippen LogP contribution < -0.4 is 10.6 Å². The molecule has 0 aliphatic carbocycles. The average Bonchev–Trinajstić information content (AvgIpc) is 2.71. The molecule has 0 saturated heterocycles. The highest BCUT2D eigenvalue weighted by molar-refractivity contribution is 6.08. The second kappa shape index (κ2) is 8.10. The summed E-state index contributed by atoms with van der Waals surface area (Å²) in [5.41, 5.74) is 1.48. The van der Waals surface area contributed by atoms with Gasteiger partial charge in [0.1, 0.15) is 0 Å². The number of amides is 2. The van der Waals surface area contributed by atoms with Crippen molar-refractivity contribution in [3.63, 3.8) is 0 Å². The number of nitrogens with zero attached hydrogens (tertiary/aromatic N) is 1. The fourth-order valence-electron chi connectivity index (χ4n) is 2.41. The predicted octanol–water partition coefficient (Wildman–Crippen LogP) is 4.34. The summed E-state index contributed by atoms with van der Waals surface area (Å²) < 4.78 is 26.2. The molecule has 3 rings (SSSR count). The molecule has 0 radical (unpaired) electrons. The molecule has 0 saturated carbocycles. The molecular weight excluding hydrogens is 364 g/mol. The molecule has 0 aliphatic heterocycles. The lowest BCUT2D eigenvalue weighted by Gasteiger charge is -2.08. The lowest BCUT2D eigenvalue weighted by atomic mass is 10.1. The van der Waals surface area contributed by atoms with E-state index in [0.29, 0.717) is 11.3 Å². The Balaban J connectivity index is 1.73. The molecule has 3 aromatic carbocycles. The van der Waals surface area contributed by atoms with Gasteiger partial charge in [0.05, 0.1) is 11.6 Å². The van der Waals surface area contributed by atoms with Crippen molar-refractivity contribution in [3.8, 4) is 6.07 Å². The Labute approximate surface area is 159 Å². The molecule has 0 bridgehead atoms. The maximum Gasteiger partial charge on any atom is 0.255 e. The van der Waals surface area contributed by atoms with E-state index in [1.165, 1.54) is 30.3 Å². The quantitative estimate of drug-likeness (QED) is 0.710. The number of hydrogen-bond donors (Lipinski definition) is 2. The average molecular weight is 377 g/mol. The monoisotopic (exact) mass is 377 g/mol. The zero-order valence-corrected chi connectivity index (χ0v) is 14.4. The van der Waals surface area contributed by atoms with Crippen LogP contribution in [0, 0.1) is 23.0 Å². The SMILES string of the molecule is N#Cc1ccc(NC(=O)c2cccc(C(=O)Nc3ccc(F)c(F)c3)c2)cc1. The molecule has 0 unspecified atom stereocenters. The first-order chi connectivity index (χ1) is 13.5. The van der Waals surface area contributed by atoms with Gasteiger partial charge in [-0.3, -0.25) is 9.59 Å². The Morgan fingerprint density at radius 1 is 0.750 bits per heavy atom. The molecule has 2 N–H and O–H groups in total. The maximum absolute atomic E-state index is 13.3. The van der Waals surface area contributed by atoms with E-state index < -0.39 is 23.4 Å². The Morgan fingerprint density at radius 2 is 1.32 bits per heavy atom. The van der Waals surface area contributed by atoms with Gasteiger partial charge in [0.15, 0.2) is 11.6 Å². The zero-order chi connectivity index (χ0) is 20.1. The first kappa shape index (κ1) is 18.7. The Morgan fingerprint density at radius 3 is 1.89 bits per heavy atom. The fourth-order valence-corrected chi connectivity index (χ4v) is 2.41. The third-order valence-corrected chi connectivity index (χ3v) is 3.84. The Kier molecular flexibility index (Phi) is 5.42. The third-order valence-electron chi connectivity index (χ3n) is 3.84. The summed E-state index contributed by atoms with van der Waals surface area (Å²) in [5.74, 6) is -3.10. The molecule has 0 fully saturated rings. The number of carbonyl (C=O) groups is 2. The van der Waals surface area contributed by atoms with E-state index in [0.717, 1.165) is 12.1 Å². The summed E-state index contributed by atoms with van der Waals surface area (Å²) in [5, 5.41) is 13.9. The zero-order valence-electron chi connectivity index (χ0n) is 14.4. The number of benzene rings is 3. The Bertz CT molecular complexity index is 1090. The standard InChI is InChI=1S/C21H13F2N3O2/c22-18-9-8-17(11-19(18)23)26-21(28)15-3-1-2-14(10-15)20(27)25-16-6-4-13(12-24)5-7-16/h1-11H,(H,25,27)(H,26,28). The maximum atomic E-state index is 13.3. The van der Waals surface area contributed by atoms with Crippen LogP contribution in [0.25, 0.3) is 0 Å². The van der Waals surface area contributed by atoms with Crippen LogP contribution in [0.2, 0.25) is 0 Å². The van der Waals surface area contributed by atoms with Crippen molar-refractivity contribution in [1.82, 2.24) is 0 Å². The first-order valence-corrected chi connectivity index (χ1v) is 8.14. The summed E-state index contributed by atoms with van der Waals surface area (Å²) in [6.45, 7) is 0. The van der Waals surface area contributed by atoms with Crippen LogP contribution in [0.15, 0.2) is 66.7 Å².